The molecule has 2 aromatic carbocycles. The van der Waals surface area contributed by atoms with Crippen molar-refractivity contribution in [2.75, 3.05) is 19.6 Å². The van der Waals surface area contributed by atoms with Crippen molar-refractivity contribution in [3.8, 4) is 5.75 Å². The first kappa shape index (κ1) is 22.6. The fourth-order valence-electron chi connectivity index (χ4n) is 3.50. The Balaban J connectivity index is 1.53. The SMILES string of the molecule is C[C@@H]1CN(Cc2ccc(OCc3ccccc3)cc2Br)CCN1C(=O)OC(C)(C)C. The molecule has 1 heterocycles. The van der Waals surface area contributed by atoms with Gasteiger partial charge in [-0.05, 0) is 51.0 Å². The summed E-state index contributed by atoms with van der Waals surface area (Å²) in [6, 6.07) is 16.4. The number of ether oxygens (including phenoxy) is 2. The Labute approximate surface area is 188 Å². The third-order valence-electron chi connectivity index (χ3n) is 5.01. The molecule has 0 bridgehead atoms. The largest absolute Gasteiger partial charge is 0.489 e. The average Bonchev–Trinajstić information content (AvgIpc) is 2.68. The van der Waals surface area contributed by atoms with E-state index >= 15 is 0 Å². The van der Waals surface area contributed by atoms with Crippen LogP contribution in [0.4, 0.5) is 4.79 Å². The van der Waals surface area contributed by atoms with Gasteiger partial charge in [0.2, 0.25) is 0 Å². The fourth-order valence-corrected chi connectivity index (χ4v) is 3.98. The molecular weight excluding hydrogens is 444 g/mol. The van der Waals surface area contributed by atoms with Crippen LogP contribution in [0, 0.1) is 0 Å². The predicted octanol–water partition coefficient (Wildman–Crippen LogP) is 5.47. The summed E-state index contributed by atoms with van der Waals surface area (Å²) in [6.45, 7) is 11.5. The van der Waals surface area contributed by atoms with E-state index in [0.717, 1.165) is 35.4 Å². The van der Waals surface area contributed by atoms with E-state index in [2.05, 4.69) is 46.0 Å². The molecule has 1 aliphatic rings. The monoisotopic (exact) mass is 474 g/mol. The van der Waals surface area contributed by atoms with E-state index in [1.54, 1.807) is 0 Å². The maximum Gasteiger partial charge on any atom is 0.410 e. The minimum Gasteiger partial charge on any atom is -0.489 e. The molecule has 2 aromatic rings. The normalized spacial score (nSPS) is 17.6. The molecule has 6 heteroatoms. The standard InChI is InChI=1S/C24H31BrN2O3/c1-18-15-26(12-13-27(18)23(28)30-24(2,3)4)16-20-10-11-21(14-22(20)25)29-17-19-8-6-5-7-9-19/h5-11,14,18H,12-13,15-17H2,1-4H3/t18-/m1/s1. The smallest absolute Gasteiger partial charge is 0.410 e. The van der Waals surface area contributed by atoms with Crippen LogP contribution in [0.2, 0.25) is 0 Å². The molecular formula is C24H31BrN2O3. The van der Waals surface area contributed by atoms with E-state index in [1.807, 2.05) is 56.0 Å². The molecule has 0 aliphatic carbocycles. The van der Waals surface area contributed by atoms with Gasteiger partial charge in [0.1, 0.15) is 18.0 Å². The van der Waals surface area contributed by atoms with Gasteiger partial charge in [0.25, 0.3) is 0 Å². The summed E-state index contributed by atoms with van der Waals surface area (Å²) in [7, 11) is 0. The van der Waals surface area contributed by atoms with Gasteiger partial charge in [-0.2, -0.15) is 0 Å². The Morgan fingerprint density at radius 1 is 1.13 bits per heavy atom. The van der Waals surface area contributed by atoms with Crippen molar-refractivity contribution in [3.63, 3.8) is 0 Å². The molecule has 5 nitrogen and oxygen atoms in total. The molecule has 0 unspecified atom stereocenters. The molecule has 1 fully saturated rings. The number of carbonyl (C=O) groups is 1. The zero-order chi connectivity index (χ0) is 21.7. The second kappa shape index (κ2) is 9.84. The number of benzene rings is 2. The summed E-state index contributed by atoms with van der Waals surface area (Å²) in [6.07, 6.45) is -0.226. The Morgan fingerprint density at radius 3 is 2.50 bits per heavy atom. The Hall–Kier alpha value is -2.05. The predicted molar refractivity (Wildman–Crippen MR) is 123 cm³/mol. The van der Waals surface area contributed by atoms with Crippen molar-refractivity contribution in [2.24, 2.45) is 0 Å². The van der Waals surface area contributed by atoms with E-state index in [0.29, 0.717) is 13.2 Å². The van der Waals surface area contributed by atoms with Crippen molar-refractivity contribution in [3.05, 3.63) is 64.1 Å². The quantitative estimate of drug-likeness (QED) is 0.575. The highest BCUT2D eigenvalue weighted by atomic mass is 79.9. The summed E-state index contributed by atoms with van der Waals surface area (Å²) < 4.78 is 12.5. The number of rotatable bonds is 5. The average molecular weight is 475 g/mol. The van der Waals surface area contributed by atoms with Gasteiger partial charge in [0.15, 0.2) is 0 Å². The number of nitrogens with zero attached hydrogens (tertiary/aromatic N) is 2. The lowest BCUT2D eigenvalue weighted by Crippen LogP contribution is -2.54. The molecule has 0 aromatic heterocycles. The zero-order valence-corrected chi connectivity index (χ0v) is 19.8. The highest BCUT2D eigenvalue weighted by Crippen LogP contribution is 2.26. The molecule has 0 radical (unpaired) electrons. The lowest BCUT2D eigenvalue weighted by atomic mass is 10.1. The van der Waals surface area contributed by atoms with Crippen LogP contribution < -0.4 is 4.74 Å². The second-order valence-electron chi connectivity index (χ2n) is 8.79. The Bertz CT molecular complexity index is 851. The van der Waals surface area contributed by atoms with Crippen LogP contribution in [-0.2, 0) is 17.9 Å². The Morgan fingerprint density at radius 2 is 1.87 bits per heavy atom. The first-order valence-electron chi connectivity index (χ1n) is 10.4. The van der Waals surface area contributed by atoms with Gasteiger partial charge >= 0.3 is 6.09 Å². The number of carbonyl (C=O) groups excluding carboxylic acids is 1. The molecule has 0 N–H and O–H groups in total. The number of halogens is 1. The van der Waals surface area contributed by atoms with Gasteiger partial charge in [-0.25, -0.2) is 4.79 Å². The molecule has 1 aliphatic heterocycles. The van der Waals surface area contributed by atoms with Crippen LogP contribution in [-0.4, -0.2) is 47.2 Å². The van der Waals surface area contributed by atoms with Gasteiger partial charge in [-0.1, -0.05) is 52.3 Å². The van der Waals surface area contributed by atoms with Crippen molar-refractivity contribution in [1.29, 1.82) is 0 Å². The first-order valence-corrected chi connectivity index (χ1v) is 11.2. The lowest BCUT2D eigenvalue weighted by molar-refractivity contribution is 0.000535. The summed E-state index contributed by atoms with van der Waals surface area (Å²) in [5, 5.41) is 0. The minimum atomic E-state index is -0.469. The van der Waals surface area contributed by atoms with Gasteiger partial charge in [-0.3, -0.25) is 4.90 Å². The highest BCUT2D eigenvalue weighted by molar-refractivity contribution is 9.10. The third-order valence-corrected chi connectivity index (χ3v) is 5.74. The summed E-state index contributed by atoms with van der Waals surface area (Å²) in [5.74, 6) is 0.845. The van der Waals surface area contributed by atoms with Crippen molar-refractivity contribution in [1.82, 2.24) is 9.80 Å². The van der Waals surface area contributed by atoms with Crippen LogP contribution in [0.3, 0.4) is 0 Å². The zero-order valence-electron chi connectivity index (χ0n) is 18.2. The molecule has 0 spiro atoms. The summed E-state index contributed by atoms with van der Waals surface area (Å²) in [4.78, 5) is 16.6. The fraction of sp³-hybridized carbons (Fsp3) is 0.458. The van der Waals surface area contributed by atoms with Crippen LogP contribution >= 0.6 is 15.9 Å². The highest BCUT2D eigenvalue weighted by Gasteiger charge is 2.30. The topological polar surface area (TPSA) is 42.0 Å². The van der Waals surface area contributed by atoms with Crippen LogP contribution in [0.1, 0.15) is 38.8 Å². The molecule has 1 atom stereocenters. The van der Waals surface area contributed by atoms with Crippen molar-refractivity contribution in [2.45, 2.75) is 52.5 Å². The number of hydrogen-bond donors (Lipinski definition) is 0. The van der Waals surface area contributed by atoms with Crippen LogP contribution in [0.25, 0.3) is 0 Å². The lowest BCUT2D eigenvalue weighted by Gasteiger charge is -2.40. The molecule has 3 rings (SSSR count). The number of hydrogen-bond acceptors (Lipinski definition) is 4. The third kappa shape index (κ3) is 6.47. The molecule has 162 valence electrons. The second-order valence-corrected chi connectivity index (χ2v) is 9.64. The van der Waals surface area contributed by atoms with Gasteiger partial charge < -0.3 is 14.4 Å². The van der Waals surface area contributed by atoms with E-state index in [9.17, 15) is 4.79 Å². The van der Waals surface area contributed by atoms with Crippen molar-refractivity contribution < 1.29 is 14.3 Å². The van der Waals surface area contributed by atoms with Crippen molar-refractivity contribution >= 4 is 22.0 Å². The number of amides is 1. The molecule has 30 heavy (non-hydrogen) atoms. The van der Waals surface area contributed by atoms with E-state index in [1.165, 1.54) is 5.56 Å². The van der Waals surface area contributed by atoms with Gasteiger partial charge in [0, 0.05) is 36.7 Å². The maximum atomic E-state index is 12.4. The molecule has 0 saturated carbocycles. The molecule has 1 saturated heterocycles. The first-order chi connectivity index (χ1) is 14.2. The minimum absolute atomic E-state index is 0.112. The van der Waals surface area contributed by atoms with Crippen LogP contribution in [0.15, 0.2) is 53.0 Å². The summed E-state index contributed by atoms with van der Waals surface area (Å²) in [5.41, 5.74) is 1.89. The number of piperazine rings is 1. The van der Waals surface area contributed by atoms with E-state index < -0.39 is 5.60 Å². The van der Waals surface area contributed by atoms with Crippen LogP contribution in [0.5, 0.6) is 5.75 Å². The maximum absolute atomic E-state index is 12.4. The Kier molecular flexibility index (Phi) is 7.42. The molecule has 1 amide bonds. The van der Waals surface area contributed by atoms with Gasteiger partial charge in [0.05, 0.1) is 0 Å². The summed E-state index contributed by atoms with van der Waals surface area (Å²) >= 11 is 3.69. The van der Waals surface area contributed by atoms with E-state index in [-0.39, 0.29) is 12.1 Å². The van der Waals surface area contributed by atoms with E-state index in [4.69, 9.17) is 9.47 Å². The van der Waals surface area contributed by atoms with Gasteiger partial charge in [-0.15, -0.1) is 0 Å².